The minimum Gasteiger partial charge on any atom is -0.480 e. The number of benzene rings is 3. The molecule has 4 rings (SSSR count). The molecule has 1 aliphatic carbocycles. The highest BCUT2D eigenvalue weighted by molar-refractivity contribution is 5.81. The van der Waals surface area contributed by atoms with Crippen LogP contribution in [0.25, 0.3) is 11.1 Å². The SMILES string of the molecule is Cc1cc(F)cc(CC(NC(=O)OCC2c3ccccc3-c3ccccc32)C(=O)O)c1. The van der Waals surface area contributed by atoms with E-state index in [-0.39, 0.29) is 18.9 Å². The van der Waals surface area contributed by atoms with Crippen LogP contribution in [0, 0.1) is 12.7 Å². The van der Waals surface area contributed by atoms with Gasteiger partial charge in [-0.2, -0.15) is 0 Å². The second-order valence-electron chi connectivity index (χ2n) is 7.70. The average molecular weight is 419 g/mol. The highest BCUT2D eigenvalue weighted by atomic mass is 19.1. The van der Waals surface area contributed by atoms with Gasteiger partial charge in [0, 0.05) is 12.3 Å². The lowest BCUT2D eigenvalue weighted by molar-refractivity contribution is -0.139. The van der Waals surface area contributed by atoms with Crippen molar-refractivity contribution >= 4 is 12.1 Å². The number of carbonyl (C=O) groups excluding carboxylic acids is 1. The normalized spacial score (nSPS) is 13.2. The molecule has 3 aromatic rings. The molecule has 1 amide bonds. The molecule has 0 aromatic heterocycles. The predicted molar refractivity (Wildman–Crippen MR) is 114 cm³/mol. The van der Waals surface area contributed by atoms with Crippen molar-refractivity contribution < 1.29 is 23.8 Å². The third kappa shape index (κ3) is 4.43. The van der Waals surface area contributed by atoms with Gasteiger partial charge in [-0.05, 0) is 52.4 Å². The Labute approximate surface area is 179 Å². The number of fused-ring (bicyclic) bond motifs is 3. The van der Waals surface area contributed by atoms with Crippen LogP contribution < -0.4 is 5.32 Å². The van der Waals surface area contributed by atoms with Crippen molar-refractivity contribution in [1.82, 2.24) is 5.32 Å². The summed E-state index contributed by atoms with van der Waals surface area (Å²) >= 11 is 0. The van der Waals surface area contributed by atoms with Gasteiger partial charge in [0.1, 0.15) is 18.5 Å². The van der Waals surface area contributed by atoms with Crippen LogP contribution in [0.2, 0.25) is 0 Å². The number of carbonyl (C=O) groups is 2. The van der Waals surface area contributed by atoms with Crippen LogP contribution in [-0.4, -0.2) is 29.8 Å². The molecule has 5 nitrogen and oxygen atoms in total. The summed E-state index contributed by atoms with van der Waals surface area (Å²) in [6.45, 7) is 1.81. The van der Waals surface area contributed by atoms with Crippen LogP contribution in [0.1, 0.15) is 28.2 Å². The van der Waals surface area contributed by atoms with E-state index in [0.29, 0.717) is 11.1 Å². The van der Waals surface area contributed by atoms with Gasteiger partial charge in [-0.15, -0.1) is 0 Å². The molecule has 0 spiro atoms. The first kappa shape index (κ1) is 20.6. The minimum absolute atomic E-state index is 0.0435. The molecule has 158 valence electrons. The number of amides is 1. The third-order valence-corrected chi connectivity index (χ3v) is 5.48. The Balaban J connectivity index is 1.44. The molecule has 0 bridgehead atoms. The molecule has 0 fully saturated rings. The van der Waals surface area contributed by atoms with Gasteiger partial charge in [-0.3, -0.25) is 0 Å². The van der Waals surface area contributed by atoms with Gasteiger partial charge in [0.2, 0.25) is 0 Å². The van der Waals surface area contributed by atoms with Crippen molar-refractivity contribution in [1.29, 1.82) is 0 Å². The number of halogens is 1. The van der Waals surface area contributed by atoms with E-state index in [0.717, 1.165) is 22.3 Å². The van der Waals surface area contributed by atoms with Gasteiger partial charge in [0.15, 0.2) is 0 Å². The Morgan fingerprint density at radius 3 is 2.23 bits per heavy atom. The van der Waals surface area contributed by atoms with Crippen LogP contribution >= 0.6 is 0 Å². The fourth-order valence-corrected chi connectivity index (χ4v) is 4.15. The lowest BCUT2D eigenvalue weighted by Gasteiger charge is -2.18. The van der Waals surface area contributed by atoms with Gasteiger partial charge in [-0.1, -0.05) is 54.6 Å². The molecule has 0 heterocycles. The van der Waals surface area contributed by atoms with Crippen molar-refractivity contribution in [2.75, 3.05) is 6.61 Å². The summed E-state index contributed by atoms with van der Waals surface area (Å²) < 4.78 is 19.0. The Bertz CT molecular complexity index is 1080. The monoisotopic (exact) mass is 419 g/mol. The average Bonchev–Trinajstić information content (AvgIpc) is 3.05. The van der Waals surface area contributed by atoms with Gasteiger partial charge in [-0.25, -0.2) is 14.0 Å². The van der Waals surface area contributed by atoms with E-state index in [2.05, 4.69) is 5.32 Å². The summed E-state index contributed by atoms with van der Waals surface area (Å²) in [6.07, 6.45) is -0.861. The number of nitrogens with one attached hydrogen (secondary N) is 1. The number of carboxylic acids is 1. The predicted octanol–water partition coefficient (Wildman–Crippen LogP) is 4.67. The van der Waals surface area contributed by atoms with E-state index in [9.17, 15) is 19.1 Å². The number of hydrogen-bond donors (Lipinski definition) is 2. The number of aliphatic carboxylic acids is 1. The summed E-state index contributed by atoms with van der Waals surface area (Å²) in [5.74, 6) is -1.78. The number of alkyl carbamates (subject to hydrolysis) is 1. The Morgan fingerprint density at radius 2 is 1.65 bits per heavy atom. The van der Waals surface area contributed by atoms with Crippen LogP contribution in [0.3, 0.4) is 0 Å². The van der Waals surface area contributed by atoms with Crippen molar-refractivity contribution in [3.8, 4) is 11.1 Å². The second-order valence-corrected chi connectivity index (χ2v) is 7.70. The Hall–Kier alpha value is -3.67. The first-order chi connectivity index (χ1) is 14.9. The molecule has 0 saturated carbocycles. The molecule has 1 unspecified atom stereocenters. The smallest absolute Gasteiger partial charge is 0.407 e. The van der Waals surface area contributed by atoms with Crippen LogP contribution in [0.4, 0.5) is 9.18 Å². The van der Waals surface area contributed by atoms with E-state index in [1.54, 1.807) is 13.0 Å². The van der Waals surface area contributed by atoms with Gasteiger partial charge in [0.05, 0.1) is 0 Å². The molecular weight excluding hydrogens is 397 g/mol. The molecule has 0 aliphatic heterocycles. The number of aryl methyl sites for hydroxylation is 1. The molecule has 0 radical (unpaired) electrons. The highest BCUT2D eigenvalue weighted by Crippen LogP contribution is 2.44. The summed E-state index contributed by atoms with van der Waals surface area (Å²) in [6, 6.07) is 19.0. The number of rotatable bonds is 6. The summed E-state index contributed by atoms with van der Waals surface area (Å²) in [5, 5.41) is 11.9. The molecule has 1 aliphatic rings. The molecular formula is C25H22FNO4. The molecule has 2 N–H and O–H groups in total. The maximum Gasteiger partial charge on any atom is 0.407 e. The maximum absolute atomic E-state index is 13.6. The standard InChI is InChI=1S/C25H22FNO4/c1-15-10-16(12-17(26)11-15)13-23(24(28)29)27-25(30)31-14-22-20-8-4-2-6-18(20)19-7-3-5-9-21(19)22/h2-12,22-23H,13-14H2,1H3,(H,27,30)(H,28,29). The molecule has 1 atom stereocenters. The lowest BCUT2D eigenvalue weighted by Crippen LogP contribution is -2.43. The summed E-state index contributed by atoms with van der Waals surface area (Å²) in [4.78, 5) is 24.0. The summed E-state index contributed by atoms with van der Waals surface area (Å²) in [5.41, 5.74) is 5.53. The quantitative estimate of drug-likeness (QED) is 0.609. The first-order valence-corrected chi connectivity index (χ1v) is 10.0. The third-order valence-electron chi connectivity index (χ3n) is 5.48. The zero-order valence-corrected chi connectivity index (χ0v) is 17.0. The number of carboxylic acid groups (broad SMARTS) is 1. The summed E-state index contributed by atoms with van der Waals surface area (Å²) in [7, 11) is 0. The first-order valence-electron chi connectivity index (χ1n) is 10.0. The van der Waals surface area contributed by atoms with Crippen molar-refractivity contribution in [3.05, 3.63) is 94.8 Å². The van der Waals surface area contributed by atoms with Gasteiger partial charge in [0.25, 0.3) is 0 Å². The van der Waals surface area contributed by atoms with Crippen LogP contribution in [0.5, 0.6) is 0 Å². The minimum atomic E-state index is -1.23. The Kier molecular flexibility index (Phi) is 5.71. The van der Waals surface area contributed by atoms with Crippen LogP contribution in [-0.2, 0) is 16.0 Å². The van der Waals surface area contributed by atoms with E-state index in [1.807, 2.05) is 48.5 Å². The van der Waals surface area contributed by atoms with Gasteiger partial charge >= 0.3 is 12.1 Å². The zero-order valence-electron chi connectivity index (χ0n) is 17.0. The number of hydrogen-bond acceptors (Lipinski definition) is 3. The lowest BCUT2D eigenvalue weighted by atomic mass is 9.98. The fraction of sp³-hybridized carbons (Fsp3) is 0.200. The molecule has 3 aromatic carbocycles. The molecule has 31 heavy (non-hydrogen) atoms. The van der Waals surface area contributed by atoms with Crippen LogP contribution in [0.15, 0.2) is 66.7 Å². The zero-order chi connectivity index (χ0) is 22.0. The van der Waals surface area contributed by atoms with Crippen molar-refractivity contribution in [2.45, 2.75) is 25.3 Å². The topological polar surface area (TPSA) is 75.6 Å². The van der Waals surface area contributed by atoms with E-state index in [4.69, 9.17) is 4.74 Å². The van der Waals surface area contributed by atoms with E-state index < -0.39 is 23.9 Å². The van der Waals surface area contributed by atoms with Gasteiger partial charge < -0.3 is 15.2 Å². The molecule has 6 heteroatoms. The Morgan fingerprint density at radius 1 is 1.03 bits per heavy atom. The van der Waals surface area contributed by atoms with E-state index in [1.165, 1.54) is 12.1 Å². The maximum atomic E-state index is 13.6. The highest BCUT2D eigenvalue weighted by Gasteiger charge is 2.29. The van der Waals surface area contributed by atoms with Crippen molar-refractivity contribution in [2.24, 2.45) is 0 Å². The van der Waals surface area contributed by atoms with Crippen molar-refractivity contribution in [3.63, 3.8) is 0 Å². The number of ether oxygens (including phenoxy) is 1. The fourth-order valence-electron chi connectivity index (χ4n) is 4.15. The largest absolute Gasteiger partial charge is 0.480 e. The second kappa shape index (κ2) is 8.60. The molecule has 0 saturated heterocycles. The van der Waals surface area contributed by atoms with E-state index >= 15 is 0 Å².